The monoisotopic (exact) mass is 276 g/mol. The first kappa shape index (κ1) is 15.0. The SMILES string of the molecule is CNCC1CCN(Cc2cc(C(C)=O)ccc2OC)C1. The zero-order valence-electron chi connectivity index (χ0n) is 12.6. The van der Waals surface area contributed by atoms with Gasteiger partial charge in [0.25, 0.3) is 0 Å². The molecule has 2 rings (SSSR count). The van der Waals surface area contributed by atoms with Crippen LogP contribution in [-0.2, 0) is 6.54 Å². The standard InChI is InChI=1S/C16H24N2O2/c1-12(19)14-4-5-16(20-3)15(8-14)11-18-7-6-13(10-18)9-17-2/h4-5,8,13,17H,6-7,9-11H2,1-3H3. The van der Waals surface area contributed by atoms with Gasteiger partial charge in [-0.3, -0.25) is 9.69 Å². The number of carbonyl (C=O) groups excluding carboxylic acids is 1. The average molecular weight is 276 g/mol. The van der Waals surface area contributed by atoms with Gasteiger partial charge >= 0.3 is 0 Å². The molecule has 4 heteroatoms. The Balaban J connectivity index is 2.08. The van der Waals surface area contributed by atoms with Gasteiger partial charge in [0.2, 0.25) is 0 Å². The fourth-order valence-electron chi connectivity index (χ4n) is 2.87. The Morgan fingerprint density at radius 2 is 2.30 bits per heavy atom. The third-order valence-corrected chi connectivity index (χ3v) is 3.94. The Bertz CT molecular complexity index is 474. The van der Waals surface area contributed by atoms with Crippen molar-refractivity contribution in [3.63, 3.8) is 0 Å². The molecular weight excluding hydrogens is 252 g/mol. The van der Waals surface area contributed by atoms with Gasteiger partial charge in [0.1, 0.15) is 5.75 Å². The van der Waals surface area contributed by atoms with Crippen LogP contribution in [0.1, 0.15) is 29.3 Å². The van der Waals surface area contributed by atoms with Gasteiger partial charge in [-0.15, -0.1) is 0 Å². The quantitative estimate of drug-likeness (QED) is 0.806. The number of rotatable bonds is 6. The van der Waals surface area contributed by atoms with Crippen molar-refractivity contribution in [3.8, 4) is 5.75 Å². The smallest absolute Gasteiger partial charge is 0.159 e. The summed E-state index contributed by atoms with van der Waals surface area (Å²) < 4.78 is 5.41. The third kappa shape index (κ3) is 3.58. The van der Waals surface area contributed by atoms with E-state index in [4.69, 9.17) is 4.74 Å². The third-order valence-electron chi connectivity index (χ3n) is 3.94. The van der Waals surface area contributed by atoms with E-state index >= 15 is 0 Å². The molecule has 0 saturated carbocycles. The highest BCUT2D eigenvalue weighted by Crippen LogP contribution is 2.25. The Labute approximate surface area is 121 Å². The van der Waals surface area contributed by atoms with E-state index < -0.39 is 0 Å². The average Bonchev–Trinajstić information content (AvgIpc) is 2.86. The van der Waals surface area contributed by atoms with Crippen LogP contribution in [0, 0.1) is 5.92 Å². The molecule has 1 saturated heterocycles. The van der Waals surface area contributed by atoms with E-state index in [2.05, 4.69) is 10.2 Å². The number of hydrogen-bond donors (Lipinski definition) is 1. The summed E-state index contributed by atoms with van der Waals surface area (Å²) >= 11 is 0. The molecular formula is C16H24N2O2. The first-order valence-electron chi connectivity index (χ1n) is 7.19. The number of ether oxygens (including phenoxy) is 1. The fourth-order valence-corrected chi connectivity index (χ4v) is 2.87. The largest absolute Gasteiger partial charge is 0.496 e. The maximum atomic E-state index is 11.5. The summed E-state index contributed by atoms with van der Waals surface area (Å²) in [5.41, 5.74) is 1.86. The summed E-state index contributed by atoms with van der Waals surface area (Å²) in [4.78, 5) is 13.9. The van der Waals surface area contributed by atoms with Crippen LogP contribution in [0.2, 0.25) is 0 Å². The molecule has 1 N–H and O–H groups in total. The van der Waals surface area contributed by atoms with Gasteiger partial charge in [-0.25, -0.2) is 0 Å². The molecule has 1 aromatic carbocycles. The lowest BCUT2D eigenvalue weighted by Crippen LogP contribution is -2.24. The highest BCUT2D eigenvalue weighted by Gasteiger charge is 2.22. The van der Waals surface area contributed by atoms with E-state index in [9.17, 15) is 4.79 Å². The molecule has 1 unspecified atom stereocenters. The van der Waals surface area contributed by atoms with Gasteiger partial charge in [-0.1, -0.05) is 0 Å². The summed E-state index contributed by atoms with van der Waals surface area (Å²) in [5.74, 6) is 1.69. The number of likely N-dealkylation sites (tertiary alicyclic amines) is 1. The zero-order valence-corrected chi connectivity index (χ0v) is 12.6. The Morgan fingerprint density at radius 3 is 2.95 bits per heavy atom. The van der Waals surface area contributed by atoms with E-state index in [1.165, 1.54) is 6.42 Å². The predicted molar refractivity (Wildman–Crippen MR) is 80.3 cm³/mol. The fraction of sp³-hybridized carbons (Fsp3) is 0.562. The Morgan fingerprint density at radius 1 is 1.50 bits per heavy atom. The van der Waals surface area contributed by atoms with Crippen molar-refractivity contribution in [2.75, 3.05) is 33.8 Å². The summed E-state index contributed by atoms with van der Waals surface area (Å²) in [6.45, 7) is 5.74. The highest BCUT2D eigenvalue weighted by molar-refractivity contribution is 5.94. The first-order chi connectivity index (χ1) is 9.63. The summed E-state index contributed by atoms with van der Waals surface area (Å²) in [7, 11) is 3.68. The maximum absolute atomic E-state index is 11.5. The van der Waals surface area contributed by atoms with Crippen molar-refractivity contribution in [1.82, 2.24) is 10.2 Å². The van der Waals surface area contributed by atoms with Crippen molar-refractivity contribution in [1.29, 1.82) is 0 Å². The van der Waals surface area contributed by atoms with Gasteiger partial charge in [0, 0.05) is 24.2 Å². The second-order valence-electron chi connectivity index (χ2n) is 5.53. The van der Waals surface area contributed by atoms with Gasteiger partial charge in [0.05, 0.1) is 7.11 Å². The first-order valence-corrected chi connectivity index (χ1v) is 7.19. The van der Waals surface area contributed by atoms with Gasteiger partial charge in [-0.05, 0) is 57.6 Å². The van der Waals surface area contributed by atoms with Crippen molar-refractivity contribution in [3.05, 3.63) is 29.3 Å². The number of methoxy groups -OCH3 is 1. The van der Waals surface area contributed by atoms with Crippen LogP contribution >= 0.6 is 0 Å². The Kier molecular flexibility index (Phi) is 5.15. The minimum absolute atomic E-state index is 0.100. The molecule has 1 heterocycles. The molecule has 1 aliphatic rings. The van der Waals surface area contributed by atoms with Crippen LogP contribution in [0.15, 0.2) is 18.2 Å². The van der Waals surface area contributed by atoms with Crippen LogP contribution in [0.5, 0.6) is 5.75 Å². The zero-order chi connectivity index (χ0) is 14.5. The van der Waals surface area contributed by atoms with Crippen LogP contribution in [-0.4, -0.2) is 44.5 Å². The van der Waals surface area contributed by atoms with Gasteiger partial charge in [0.15, 0.2) is 5.78 Å². The van der Waals surface area contributed by atoms with E-state index in [0.717, 1.165) is 49.0 Å². The normalized spacial score (nSPS) is 19.2. The lowest BCUT2D eigenvalue weighted by Gasteiger charge is -2.18. The predicted octanol–water partition coefficient (Wildman–Crippen LogP) is 1.94. The lowest BCUT2D eigenvalue weighted by molar-refractivity contribution is 0.101. The van der Waals surface area contributed by atoms with Crippen molar-refractivity contribution in [2.45, 2.75) is 19.9 Å². The minimum Gasteiger partial charge on any atom is -0.496 e. The van der Waals surface area contributed by atoms with Crippen LogP contribution < -0.4 is 10.1 Å². The summed E-state index contributed by atoms with van der Waals surface area (Å²) in [6.07, 6.45) is 1.23. The molecule has 0 bridgehead atoms. The number of carbonyl (C=O) groups is 1. The van der Waals surface area contributed by atoms with Crippen LogP contribution in [0.4, 0.5) is 0 Å². The molecule has 0 aliphatic carbocycles. The molecule has 1 atom stereocenters. The maximum Gasteiger partial charge on any atom is 0.159 e. The minimum atomic E-state index is 0.100. The molecule has 1 aromatic rings. The van der Waals surface area contributed by atoms with Crippen molar-refractivity contribution >= 4 is 5.78 Å². The molecule has 0 amide bonds. The topological polar surface area (TPSA) is 41.6 Å². The molecule has 110 valence electrons. The number of nitrogens with zero attached hydrogens (tertiary/aromatic N) is 1. The number of hydrogen-bond acceptors (Lipinski definition) is 4. The van der Waals surface area contributed by atoms with Crippen LogP contribution in [0.25, 0.3) is 0 Å². The van der Waals surface area contributed by atoms with E-state index in [-0.39, 0.29) is 5.78 Å². The van der Waals surface area contributed by atoms with E-state index in [0.29, 0.717) is 0 Å². The number of nitrogens with one attached hydrogen (secondary N) is 1. The number of Topliss-reactive ketones (excluding diaryl/α,β-unsaturated/α-hetero) is 1. The van der Waals surface area contributed by atoms with Crippen molar-refractivity contribution < 1.29 is 9.53 Å². The molecule has 20 heavy (non-hydrogen) atoms. The molecule has 0 spiro atoms. The molecule has 0 aromatic heterocycles. The van der Waals surface area contributed by atoms with Gasteiger partial charge in [-0.2, -0.15) is 0 Å². The van der Waals surface area contributed by atoms with Crippen LogP contribution in [0.3, 0.4) is 0 Å². The van der Waals surface area contributed by atoms with E-state index in [1.54, 1.807) is 14.0 Å². The summed E-state index contributed by atoms with van der Waals surface area (Å²) in [6, 6.07) is 5.69. The molecule has 4 nitrogen and oxygen atoms in total. The summed E-state index contributed by atoms with van der Waals surface area (Å²) in [5, 5.41) is 3.24. The molecule has 1 fully saturated rings. The Hall–Kier alpha value is -1.39. The molecule has 1 aliphatic heterocycles. The number of ketones is 1. The lowest BCUT2D eigenvalue weighted by atomic mass is 10.1. The highest BCUT2D eigenvalue weighted by atomic mass is 16.5. The van der Waals surface area contributed by atoms with Crippen molar-refractivity contribution in [2.24, 2.45) is 5.92 Å². The second-order valence-corrected chi connectivity index (χ2v) is 5.53. The second kappa shape index (κ2) is 6.86. The van der Waals surface area contributed by atoms with Gasteiger partial charge < -0.3 is 10.1 Å². The number of benzene rings is 1. The molecule has 0 radical (unpaired) electrons. The van der Waals surface area contributed by atoms with E-state index in [1.807, 2.05) is 25.2 Å².